The van der Waals surface area contributed by atoms with Crippen molar-refractivity contribution in [2.75, 3.05) is 0 Å². The van der Waals surface area contributed by atoms with Crippen LogP contribution in [0.2, 0.25) is 5.02 Å². The topological polar surface area (TPSA) is 81.1 Å². The third-order valence-corrected chi connectivity index (χ3v) is 4.92. The molecule has 1 N–H and O–H groups in total. The average molecular weight is 328 g/mol. The Morgan fingerprint density at radius 1 is 1.29 bits per heavy atom. The molecule has 8 heteroatoms. The first-order valence-electron chi connectivity index (χ1n) is 6.06. The first kappa shape index (κ1) is 15.5. The molecule has 0 bridgehead atoms. The Labute approximate surface area is 127 Å². The minimum atomic E-state index is -4.03. The molecule has 0 saturated carbocycles. The van der Waals surface area contributed by atoms with Gasteiger partial charge >= 0.3 is 0 Å². The fourth-order valence-electron chi connectivity index (χ4n) is 1.99. The average Bonchev–Trinajstić information content (AvgIpc) is 2.62. The van der Waals surface area contributed by atoms with Crippen molar-refractivity contribution in [3.8, 4) is 0 Å². The molecule has 0 aliphatic rings. The van der Waals surface area contributed by atoms with Gasteiger partial charge in [-0.25, -0.2) is 13.1 Å². The summed E-state index contributed by atoms with van der Waals surface area (Å²) in [5, 5.41) is 4.14. The lowest BCUT2D eigenvalue weighted by Crippen LogP contribution is -2.31. The van der Waals surface area contributed by atoms with Crippen LogP contribution in [0.5, 0.6) is 0 Å². The highest BCUT2D eigenvalue weighted by Gasteiger charge is 2.24. The highest BCUT2D eigenvalue weighted by molar-refractivity contribution is 7.90. The number of carbonyl (C=O) groups is 1. The number of halogens is 1. The summed E-state index contributed by atoms with van der Waals surface area (Å²) in [5.74, 6) is -0.724. The first-order chi connectivity index (χ1) is 9.74. The third kappa shape index (κ3) is 2.93. The molecule has 2 aromatic rings. The van der Waals surface area contributed by atoms with Crippen molar-refractivity contribution in [2.45, 2.75) is 18.7 Å². The summed E-state index contributed by atoms with van der Waals surface area (Å²) in [4.78, 5) is 12.1. The molecule has 1 aromatic heterocycles. The van der Waals surface area contributed by atoms with Crippen molar-refractivity contribution >= 4 is 27.5 Å². The second kappa shape index (κ2) is 5.50. The maximum absolute atomic E-state index is 12.2. The van der Waals surface area contributed by atoms with Crippen molar-refractivity contribution in [3.05, 3.63) is 46.2 Å². The number of aryl methyl sites for hydroxylation is 2. The Kier molecular flexibility index (Phi) is 4.06. The lowest BCUT2D eigenvalue weighted by molar-refractivity contribution is 0.0980. The zero-order valence-electron chi connectivity index (χ0n) is 11.7. The molecule has 2 rings (SSSR count). The van der Waals surface area contributed by atoms with Gasteiger partial charge in [0.2, 0.25) is 0 Å². The number of nitrogens with zero attached hydrogens (tertiary/aromatic N) is 2. The van der Waals surface area contributed by atoms with E-state index in [0.29, 0.717) is 11.4 Å². The van der Waals surface area contributed by atoms with Gasteiger partial charge in [-0.2, -0.15) is 5.10 Å². The Bertz CT molecular complexity index is 812. The van der Waals surface area contributed by atoms with Gasteiger partial charge in [0.05, 0.1) is 16.3 Å². The summed E-state index contributed by atoms with van der Waals surface area (Å²) in [6.45, 7) is 3.33. The molecule has 0 radical (unpaired) electrons. The number of hydrogen-bond acceptors (Lipinski definition) is 4. The number of aromatic nitrogens is 2. The van der Waals surface area contributed by atoms with Crippen LogP contribution in [0, 0.1) is 13.8 Å². The fourth-order valence-corrected chi connectivity index (χ4v) is 3.47. The third-order valence-electron chi connectivity index (χ3n) is 3.09. The number of rotatable bonds is 3. The highest BCUT2D eigenvalue weighted by Crippen LogP contribution is 2.21. The largest absolute Gasteiger partial charge is 0.272 e. The number of hydrogen-bond donors (Lipinski definition) is 1. The molecule has 6 nitrogen and oxygen atoms in total. The van der Waals surface area contributed by atoms with E-state index in [0.717, 1.165) is 0 Å². The van der Waals surface area contributed by atoms with Crippen LogP contribution in [0.15, 0.2) is 29.2 Å². The van der Waals surface area contributed by atoms with E-state index in [9.17, 15) is 13.2 Å². The molecule has 0 fully saturated rings. The van der Waals surface area contributed by atoms with E-state index < -0.39 is 15.9 Å². The van der Waals surface area contributed by atoms with E-state index in [1.807, 2.05) is 4.72 Å². The normalized spacial score (nSPS) is 11.4. The van der Waals surface area contributed by atoms with Gasteiger partial charge in [0.15, 0.2) is 0 Å². The standard InChI is InChI=1S/C13H14ClN3O3S/c1-8-12(9(2)17(3)15-8)13(18)16-21(19,20)11-7-5-4-6-10(11)14/h4-7H,1-3H3,(H,16,18). The van der Waals surface area contributed by atoms with Gasteiger partial charge in [-0.15, -0.1) is 0 Å². The molecular weight excluding hydrogens is 314 g/mol. The zero-order valence-corrected chi connectivity index (χ0v) is 13.3. The summed E-state index contributed by atoms with van der Waals surface area (Å²) < 4.78 is 28.0. The maximum Gasteiger partial charge on any atom is 0.268 e. The molecule has 1 aromatic carbocycles. The van der Waals surface area contributed by atoms with Gasteiger partial charge in [-0.05, 0) is 26.0 Å². The van der Waals surface area contributed by atoms with Gasteiger partial charge < -0.3 is 0 Å². The van der Waals surface area contributed by atoms with Crippen LogP contribution in [-0.2, 0) is 17.1 Å². The Balaban J connectivity index is 2.38. The monoisotopic (exact) mass is 327 g/mol. The van der Waals surface area contributed by atoms with Gasteiger partial charge in [0, 0.05) is 12.7 Å². The Morgan fingerprint density at radius 3 is 2.43 bits per heavy atom. The number of amides is 1. The van der Waals surface area contributed by atoms with E-state index in [1.165, 1.54) is 22.9 Å². The van der Waals surface area contributed by atoms with Gasteiger partial charge in [-0.3, -0.25) is 9.48 Å². The summed E-state index contributed by atoms with van der Waals surface area (Å²) in [5.41, 5.74) is 1.29. The highest BCUT2D eigenvalue weighted by atomic mass is 35.5. The molecular formula is C13H14ClN3O3S. The van der Waals surface area contributed by atoms with Crippen molar-refractivity contribution in [1.29, 1.82) is 0 Å². The van der Waals surface area contributed by atoms with E-state index in [-0.39, 0.29) is 15.5 Å². The molecule has 0 spiro atoms. The summed E-state index contributed by atoms with van der Waals surface area (Å²) in [6.07, 6.45) is 0. The second-order valence-corrected chi connectivity index (χ2v) is 6.59. The molecule has 0 atom stereocenters. The van der Waals surface area contributed by atoms with E-state index in [1.54, 1.807) is 27.0 Å². The number of benzene rings is 1. The molecule has 21 heavy (non-hydrogen) atoms. The van der Waals surface area contributed by atoms with Gasteiger partial charge in [-0.1, -0.05) is 23.7 Å². The van der Waals surface area contributed by atoms with Crippen molar-refractivity contribution in [2.24, 2.45) is 7.05 Å². The number of carbonyl (C=O) groups excluding carboxylic acids is 1. The van der Waals surface area contributed by atoms with Crippen LogP contribution in [0.25, 0.3) is 0 Å². The van der Waals surface area contributed by atoms with E-state index in [2.05, 4.69) is 5.10 Å². The first-order valence-corrected chi connectivity index (χ1v) is 7.92. The van der Waals surface area contributed by atoms with Crippen molar-refractivity contribution < 1.29 is 13.2 Å². The molecule has 0 aliphatic carbocycles. The molecule has 0 aliphatic heterocycles. The van der Waals surface area contributed by atoms with Crippen LogP contribution in [-0.4, -0.2) is 24.1 Å². The summed E-state index contributed by atoms with van der Waals surface area (Å²) >= 11 is 5.86. The van der Waals surface area contributed by atoms with Gasteiger partial charge in [0.1, 0.15) is 4.90 Å². The summed E-state index contributed by atoms with van der Waals surface area (Å²) in [6, 6.07) is 5.92. The Hall–Kier alpha value is -1.86. The SMILES string of the molecule is Cc1nn(C)c(C)c1C(=O)NS(=O)(=O)c1ccccc1Cl. The predicted molar refractivity (Wildman–Crippen MR) is 78.8 cm³/mol. The lowest BCUT2D eigenvalue weighted by atomic mass is 10.2. The van der Waals surface area contributed by atoms with Crippen molar-refractivity contribution in [1.82, 2.24) is 14.5 Å². The van der Waals surface area contributed by atoms with Crippen LogP contribution >= 0.6 is 11.6 Å². The molecule has 1 heterocycles. The van der Waals surface area contributed by atoms with Crippen LogP contribution in [0.4, 0.5) is 0 Å². The van der Waals surface area contributed by atoms with E-state index >= 15 is 0 Å². The lowest BCUT2D eigenvalue weighted by Gasteiger charge is -2.08. The number of nitrogens with one attached hydrogen (secondary N) is 1. The van der Waals surface area contributed by atoms with Crippen LogP contribution < -0.4 is 4.72 Å². The fraction of sp³-hybridized carbons (Fsp3) is 0.231. The van der Waals surface area contributed by atoms with Crippen molar-refractivity contribution in [3.63, 3.8) is 0 Å². The molecule has 0 saturated heterocycles. The molecule has 0 unspecified atom stereocenters. The minimum absolute atomic E-state index is 0.0532. The predicted octanol–water partition coefficient (Wildman–Crippen LogP) is 1.81. The second-order valence-electron chi connectivity index (χ2n) is 4.53. The quantitative estimate of drug-likeness (QED) is 0.932. The Morgan fingerprint density at radius 2 is 1.90 bits per heavy atom. The van der Waals surface area contributed by atoms with Crippen LogP contribution in [0.3, 0.4) is 0 Å². The molecule has 112 valence electrons. The number of sulfonamides is 1. The van der Waals surface area contributed by atoms with Crippen LogP contribution in [0.1, 0.15) is 21.7 Å². The van der Waals surface area contributed by atoms with Gasteiger partial charge in [0.25, 0.3) is 15.9 Å². The smallest absolute Gasteiger partial charge is 0.268 e. The zero-order chi connectivity index (χ0) is 15.8. The molecule has 1 amide bonds. The van der Waals surface area contributed by atoms with E-state index in [4.69, 9.17) is 11.6 Å². The summed E-state index contributed by atoms with van der Waals surface area (Å²) in [7, 11) is -2.35. The maximum atomic E-state index is 12.2. The minimum Gasteiger partial charge on any atom is -0.272 e.